The lowest BCUT2D eigenvalue weighted by Crippen LogP contribution is -2.29. The van der Waals surface area contributed by atoms with E-state index in [1.165, 1.54) is 0 Å². The molecule has 0 aliphatic heterocycles. The summed E-state index contributed by atoms with van der Waals surface area (Å²) in [4.78, 5) is 0. The second kappa shape index (κ2) is 5.97. The van der Waals surface area contributed by atoms with Gasteiger partial charge in [-0.25, -0.2) is 8.78 Å². The van der Waals surface area contributed by atoms with Gasteiger partial charge in [-0.05, 0) is 23.7 Å². The van der Waals surface area contributed by atoms with Crippen LogP contribution in [0.3, 0.4) is 0 Å². The van der Waals surface area contributed by atoms with Crippen LogP contribution in [-0.4, -0.2) is 5.92 Å². The molecule has 0 heterocycles. The van der Waals surface area contributed by atoms with Crippen LogP contribution in [0.4, 0.5) is 8.78 Å². The number of alkyl halides is 2. The Labute approximate surface area is 99.8 Å². The molecule has 16 heavy (non-hydrogen) atoms. The average Bonchev–Trinajstić information content (AvgIpc) is 2.11. The van der Waals surface area contributed by atoms with E-state index >= 15 is 0 Å². The number of unbranched alkanes of at least 4 members (excludes halogenated alkanes) is 1. The van der Waals surface area contributed by atoms with Crippen molar-refractivity contribution in [3.8, 4) is 0 Å². The second-order valence-electron chi connectivity index (χ2n) is 6.30. The third-order valence-electron chi connectivity index (χ3n) is 3.74. The summed E-state index contributed by atoms with van der Waals surface area (Å²) in [6.45, 7) is 12.4. The quantitative estimate of drug-likeness (QED) is 0.567. The maximum Gasteiger partial charge on any atom is 0.248 e. The first-order valence-corrected chi connectivity index (χ1v) is 6.48. The molecule has 0 aromatic carbocycles. The Bertz CT molecular complexity index is 191. The van der Waals surface area contributed by atoms with Crippen molar-refractivity contribution in [2.45, 2.75) is 73.1 Å². The zero-order valence-corrected chi connectivity index (χ0v) is 11.7. The summed E-state index contributed by atoms with van der Waals surface area (Å²) in [6, 6.07) is 0. The minimum absolute atomic E-state index is 0.0332. The molecule has 0 radical (unpaired) electrons. The smallest absolute Gasteiger partial charge is 0.207 e. The molecule has 0 saturated heterocycles. The number of rotatable bonds is 6. The molecule has 0 aromatic rings. The number of hydrogen-bond acceptors (Lipinski definition) is 0. The lowest BCUT2D eigenvalue weighted by molar-refractivity contribution is -0.0432. The molecule has 0 rings (SSSR count). The van der Waals surface area contributed by atoms with Crippen LogP contribution in [0.15, 0.2) is 0 Å². The number of halogens is 2. The first-order chi connectivity index (χ1) is 7.10. The monoisotopic (exact) mass is 234 g/mol. The molecule has 0 spiro atoms. The van der Waals surface area contributed by atoms with Crippen LogP contribution in [0.5, 0.6) is 0 Å². The predicted octanol–water partition coefficient (Wildman–Crippen LogP) is 5.52. The van der Waals surface area contributed by atoms with Crippen molar-refractivity contribution in [1.29, 1.82) is 0 Å². The lowest BCUT2D eigenvalue weighted by Gasteiger charge is -2.34. The van der Waals surface area contributed by atoms with Gasteiger partial charge in [0, 0.05) is 12.8 Å². The standard InChI is InChI=1S/C14H28F2/c1-7-8-9-14(15,16)10-11(2)12(3)13(4,5)6/h11-12H,7-10H2,1-6H3. The minimum Gasteiger partial charge on any atom is -0.207 e. The van der Waals surface area contributed by atoms with E-state index in [0.29, 0.717) is 12.3 Å². The van der Waals surface area contributed by atoms with E-state index in [4.69, 9.17) is 0 Å². The molecular weight excluding hydrogens is 206 g/mol. The van der Waals surface area contributed by atoms with Crippen molar-refractivity contribution in [2.24, 2.45) is 17.3 Å². The van der Waals surface area contributed by atoms with E-state index in [9.17, 15) is 8.78 Å². The summed E-state index contributed by atoms with van der Waals surface area (Å²) in [6.07, 6.45) is 1.55. The number of hydrogen-bond donors (Lipinski definition) is 0. The van der Waals surface area contributed by atoms with E-state index < -0.39 is 5.92 Å². The van der Waals surface area contributed by atoms with Crippen LogP contribution >= 0.6 is 0 Å². The van der Waals surface area contributed by atoms with Crippen LogP contribution in [0.1, 0.15) is 67.2 Å². The van der Waals surface area contributed by atoms with Crippen molar-refractivity contribution in [1.82, 2.24) is 0 Å². The topological polar surface area (TPSA) is 0 Å². The van der Waals surface area contributed by atoms with Crippen LogP contribution in [0.2, 0.25) is 0 Å². The molecule has 2 unspecified atom stereocenters. The molecule has 0 aliphatic rings. The largest absolute Gasteiger partial charge is 0.248 e. The summed E-state index contributed by atoms with van der Waals surface area (Å²) < 4.78 is 27.2. The van der Waals surface area contributed by atoms with Crippen molar-refractivity contribution in [2.75, 3.05) is 0 Å². The van der Waals surface area contributed by atoms with Crippen LogP contribution < -0.4 is 0 Å². The van der Waals surface area contributed by atoms with Crippen LogP contribution in [-0.2, 0) is 0 Å². The Balaban J connectivity index is 4.26. The average molecular weight is 234 g/mol. The molecule has 98 valence electrons. The molecule has 2 atom stereocenters. The van der Waals surface area contributed by atoms with Gasteiger partial charge in [-0.15, -0.1) is 0 Å². The molecule has 2 heteroatoms. The van der Waals surface area contributed by atoms with Gasteiger partial charge < -0.3 is 0 Å². The highest BCUT2D eigenvalue weighted by Crippen LogP contribution is 2.38. The van der Waals surface area contributed by atoms with Crippen LogP contribution in [0, 0.1) is 17.3 Å². The van der Waals surface area contributed by atoms with Gasteiger partial charge in [0.1, 0.15) is 0 Å². The van der Waals surface area contributed by atoms with Gasteiger partial charge in [0.25, 0.3) is 0 Å². The predicted molar refractivity (Wildman–Crippen MR) is 66.9 cm³/mol. The fourth-order valence-corrected chi connectivity index (χ4v) is 2.04. The van der Waals surface area contributed by atoms with Gasteiger partial charge in [-0.1, -0.05) is 48.0 Å². The van der Waals surface area contributed by atoms with Crippen molar-refractivity contribution >= 4 is 0 Å². The Morgan fingerprint density at radius 2 is 1.56 bits per heavy atom. The van der Waals surface area contributed by atoms with Gasteiger partial charge in [0.15, 0.2) is 0 Å². The molecule has 0 bridgehead atoms. The highest BCUT2D eigenvalue weighted by atomic mass is 19.3. The van der Waals surface area contributed by atoms with Gasteiger partial charge in [-0.3, -0.25) is 0 Å². The third kappa shape index (κ3) is 5.81. The molecular formula is C14H28F2. The van der Waals surface area contributed by atoms with Gasteiger partial charge in [-0.2, -0.15) is 0 Å². The van der Waals surface area contributed by atoms with E-state index in [1.54, 1.807) is 0 Å². The molecule has 0 amide bonds. The van der Waals surface area contributed by atoms with E-state index in [2.05, 4.69) is 27.7 Å². The van der Waals surface area contributed by atoms with Gasteiger partial charge >= 0.3 is 0 Å². The van der Waals surface area contributed by atoms with Gasteiger partial charge in [0.05, 0.1) is 0 Å². The van der Waals surface area contributed by atoms with Crippen molar-refractivity contribution in [3.63, 3.8) is 0 Å². The summed E-state index contributed by atoms with van der Waals surface area (Å²) in [5, 5.41) is 0. The molecule has 0 nitrogen and oxygen atoms in total. The van der Waals surface area contributed by atoms with Crippen molar-refractivity contribution < 1.29 is 8.78 Å². The highest BCUT2D eigenvalue weighted by molar-refractivity contribution is 4.79. The second-order valence-corrected chi connectivity index (χ2v) is 6.30. The molecule has 0 aromatic heterocycles. The maximum absolute atomic E-state index is 13.6. The maximum atomic E-state index is 13.6. The first kappa shape index (κ1) is 15.9. The summed E-state index contributed by atoms with van der Waals surface area (Å²) >= 11 is 0. The normalized spacial score (nSPS) is 17.2. The Hall–Kier alpha value is -0.140. The highest BCUT2D eigenvalue weighted by Gasteiger charge is 2.35. The van der Waals surface area contributed by atoms with Gasteiger partial charge in [0.2, 0.25) is 5.92 Å². The molecule has 0 saturated carbocycles. The first-order valence-electron chi connectivity index (χ1n) is 6.48. The zero-order valence-electron chi connectivity index (χ0n) is 11.7. The SMILES string of the molecule is CCCCC(F)(F)CC(C)C(C)C(C)(C)C. The minimum atomic E-state index is -2.48. The zero-order chi connectivity index (χ0) is 13.0. The molecule has 0 aliphatic carbocycles. The Morgan fingerprint density at radius 3 is 1.94 bits per heavy atom. The van der Waals surface area contributed by atoms with Crippen molar-refractivity contribution in [3.05, 3.63) is 0 Å². The van der Waals surface area contributed by atoms with E-state index in [1.807, 2.05) is 13.8 Å². The fourth-order valence-electron chi connectivity index (χ4n) is 2.04. The Morgan fingerprint density at radius 1 is 1.06 bits per heavy atom. The third-order valence-corrected chi connectivity index (χ3v) is 3.74. The van der Waals surface area contributed by atoms with Crippen LogP contribution in [0.25, 0.3) is 0 Å². The summed E-state index contributed by atoms with van der Waals surface area (Å²) in [5.74, 6) is -2.08. The van der Waals surface area contributed by atoms with E-state index in [0.717, 1.165) is 6.42 Å². The molecule has 0 N–H and O–H groups in total. The Kier molecular flexibility index (Phi) is 5.92. The fraction of sp³-hybridized carbons (Fsp3) is 1.00. The summed E-state index contributed by atoms with van der Waals surface area (Å²) in [5.41, 5.74) is 0.111. The van der Waals surface area contributed by atoms with E-state index in [-0.39, 0.29) is 24.2 Å². The lowest BCUT2D eigenvalue weighted by atomic mass is 9.73. The molecule has 0 fully saturated rings. The summed E-state index contributed by atoms with van der Waals surface area (Å²) in [7, 11) is 0.